The molecule has 1 aliphatic rings. The van der Waals surface area contributed by atoms with E-state index < -0.39 is 17.3 Å². The SMILES string of the molecule is O=c1c2cc(Cl)cc(Cl)c2nc(CN2CCOCC2)n1-c1cccc(C(F)(F)F)c1. The van der Waals surface area contributed by atoms with E-state index in [1.165, 1.54) is 28.8 Å². The molecule has 158 valence electrons. The first-order valence-electron chi connectivity index (χ1n) is 9.12. The summed E-state index contributed by atoms with van der Waals surface area (Å²) in [5, 5.41) is 0.576. The van der Waals surface area contributed by atoms with Crippen molar-refractivity contribution in [3.63, 3.8) is 0 Å². The van der Waals surface area contributed by atoms with Crippen LogP contribution in [0, 0.1) is 0 Å². The van der Waals surface area contributed by atoms with Gasteiger partial charge in [-0.05, 0) is 30.3 Å². The van der Waals surface area contributed by atoms with Crippen molar-refractivity contribution < 1.29 is 17.9 Å². The van der Waals surface area contributed by atoms with E-state index in [0.29, 0.717) is 26.3 Å². The van der Waals surface area contributed by atoms with Crippen molar-refractivity contribution >= 4 is 34.1 Å². The van der Waals surface area contributed by atoms with Crippen LogP contribution in [-0.2, 0) is 17.5 Å². The van der Waals surface area contributed by atoms with Crippen LogP contribution in [0.15, 0.2) is 41.2 Å². The highest BCUT2D eigenvalue weighted by atomic mass is 35.5. The van der Waals surface area contributed by atoms with E-state index >= 15 is 0 Å². The molecule has 1 fully saturated rings. The Morgan fingerprint density at radius 1 is 1.10 bits per heavy atom. The molecule has 0 N–H and O–H groups in total. The van der Waals surface area contributed by atoms with Gasteiger partial charge in [0.15, 0.2) is 0 Å². The third kappa shape index (κ3) is 4.18. The largest absolute Gasteiger partial charge is 0.416 e. The van der Waals surface area contributed by atoms with Gasteiger partial charge in [0.25, 0.3) is 5.56 Å². The van der Waals surface area contributed by atoms with Crippen LogP contribution in [-0.4, -0.2) is 40.8 Å². The van der Waals surface area contributed by atoms with Gasteiger partial charge in [0.05, 0.1) is 46.9 Å². The second-order valence-electron chi connectivity index (χ2n) is 6.89. The standard InChI is InChI=1S/C20H16Cl2F3N3O2/c21-13-9-15-18(16(22)10-13)26-17(11-27-4-6-30-7-5-27)28(19(15)29)14-3-1-2-12(8-14)20(23,24)25/h1-3,8-10H,4-7,11H2. The maximum Gasteiger partial charge on any atom is 0.416 e. The topological polar surface area (TPSA) is 47.4 Å². The lowest BCUT2D eigenvalue weighted by Crippen LogP contribution is -2.38. The summed E-state index contributed by atoms with van der Waals surface area (Å²) in [7, 11) is 0. The van der Waals surface area contributed by atoms with Gasteiger partial charge >= 0.3 is 6.18 Å². The highest BCUT2D eigenvalue weighted by Gasteiger charge is 2.31. The molecule has 0 radical (unpaired) electrons. The molecule has 0 unspecified atom stereocenters. The maximum absolute atomic E-state index is 13.3. The summed E-state index contributed by atoms with van der Waals surface area (Å²) in [5.41, 5.74) is -1.05. The summed E-state index contributed by atoms with van der Waals surface area (Å²) in [4.78, 5) is 19.9. The van der Waals surface area contributed by atoms with Gasteiger partial charge < -0.3 is 4.74 Å². The van der Waals surface area contributed by atoms with Crippen molar-refractivity contribution in [2.45, 2.75) is 12.7 Å². The van der Waals surface area contributed by atoms with Crippen LogP contribution in [0.5, 0.6) is 0 Å². The zero-order valence-corrected chi connectivity index (χ0v) is 17.1. The quantitative estimate of drug-likeness (QED) is 0.578. The van der Waals surface area contributed by atoms with E-state index in [4.69, 9.17) is 27.9 Å². The number of alkyl halides is 3. The fraction of sp³-hybridized carbons (Fsp3) is 0.300. The zero-order valence-electron chi connectivity index (χ0n) is 15.5. The molecule has 0 bridgehead atoms. The number of halogens is 5. The van der Waals surface area contributed by atoms with Gasteiger partial charge in [0.2, 0.25) is 0 Å². The third-order valence-corrected chi connectivity index (χ3v) is 5.37. The average molecular weight is 458 g/mol. The zero-order chi connectivity index (χ0) is 21.5. The van der Waals surface area contributed by atoms with Gasteiger partial charge in [-0.25, -0.2) is 4.98 Å². The lowest BCUT2D eigenvalue weighted by Gasteiger charge is -2.27. The molecule has 5 nitrogen and oxygen atoms in total. The Hall–Kier alpha value is -2.13. The predicted octanol–water partition coefficient (Wildman–Crippen LogP) is 4.54. The summed E-state index contributed by atoms with van der Waals surface area (Å²) < 4.78 is 46.3. The van der Waals surface area contributed by atoms with Crippen LogP contribution in [0.1, 0.15) is 11.4 Å². The van der Waals surface area contributed by atoms with Crippen molar-refractivity contribution in [1.29, 1.82) is 0 Å². The molecule has 1 aromatic heterocycles. The molecular weight excluding hydrogens is 442 g/mol. The van der Waals surface area contributed by atoms with Crippen molar-refractivity contribution in [3.05, 3.63) is 68.2 Å². The molecule has 0 spiro atoms. The molecule has 0 amide bonds. The van der Waals surface area contributed by atoms with Gasteiger partial charge in [-0.1, -0.05) is 29.3 Å². The van der Waals surface area contributed by atoms with Gasteiger partial charge in [0.1, 0.15) is 5.82 Å². The highest BCUT2D eigenvalue weighted by Crippen LogP contribution is 2.31. The van der Waals surface area contributed by atoms with Gasteiger partial charge in [0, 0.05) is 18.1 Å². The molecule has 0 atom stereocenters. The molecule has 10 heteroatoms. The first kappa shape index (κ1) is 21.1. The third-order valence-electron chi connectivity index (χ3n) is 4.86. The van der Waals surface area contributed by atoms with Crippen LogP contribution in [0.25, 0.3) is 16.6 Å². The summed E-state index contributed by atoms with van der Waals surface area (Å²) in [5.74, 6) is 0.290. The van der Waals surface area contributed by atoms with Crippen LogP contribution >= 0.6 is 23.2 Å². The number of nitrogens with zero attached hydrogens (tertiary/aromatic N) is 3. The molecule has 0 aliphatic carbocycles. The van der Waals surface area contributed by atoms with Crippen molar-refractivity contribution in [1.82, 2.24) is 14.5 Å². The minimum Gasteiger partial charge on any atom is -0.379 e. The van der Waals surface area contributed by atoms with Gasteiger partial charge in [-0.2, -0.15) is 13.2 Å². The number of morpholine rings is 1. The summed E-state index contributed by atoms with van der Waals surface area (Å²) in [6.07, 6.45) is -4.54. The van der Waals surface area contributed by atoms with Crippen LogP contribution in [0.4, 0.5) is 13.2 Å². The number of aromatic nitrogens is 2. The molecule has 4 rings (SSSR count). The molecule has 0 saturated carbocycles. The second kappa shape index (κ2) is 8.19. The fourth-order valence-electron chi connectivity index (χ4n) is 3.41. The number of ether oxygens (including phenoxy) is 1. The fourth-order valence-corrected chi connectivity index (χ4v) is 3.95. The molecule has 2 heterocycles. The lowest BCUT2D eigenvalue weighted by atomic mass is 10.1. The van der Waals surface area contributed by atoms with E-state index in [-0.39, 0.29) is 39.0 Å². The van der Waals surface area contributed by atoms with Gasteiger partial charge in [-0.15, -0.1) is 0 Å². The molecule has 1 saturated heterocycles. The Labute approximate surface area is 179 Å². The maximum atomic E-state index is 13.3. The molecular formula is C20H16Cl2F3N3O2. The van der Waals surface area contributed by atoms with E-state index in [9.17, 15) is 18.0 Å². The van der Waals surface area contributed by atoms with Crippen molar-refractivity contribution in [3.8, 4) is 5.69 Å². The average Bonchev–Trinajstić information content (AvgIpc) is 2.69. The number of hydrogen-bond donors (Lipinski definition) is 0. The monoisotopic (exact) mass is 457 g/mol. The number of rotatable bonds is 3. The molecule has 2 aromatic carbocycles. The normalized spacial score (nSPS) is 15.6. The number of fused-ring (bicyclic) bond motifs is 1. The minimum absolute atomic E-state index is 0.0728. The summed E-state index contributed by atoms with van der Waals surface area (Å²) >= 11 is 12.3. The molecule has 1 aliphatic heterocycles. The number of benzene rings is 2. The summed E-state index contributed by atoms with van der Waals surface area (Å²) in [6.45, 7) is 2.54. The van der Waals surface area contributed by atoms with E-state index in [1.54, 1.807) is 0 Å². The molecule has 3 aromatic rings. The first-order chi connectivity index (χ1) is 14.2. The summed E-state index contributed by atoms with van der Waals surface area (Å²) in [6, 6.07) is 7.49. The Bertz CT molecular complexity index is 1160. The van der Waals surface area contributed by atoms with Crippen LogP contribution in [0.2, 0.25) is 10.0 Å². The smallest absolute Gasteiger partial charge is 0.379 e. The molecule has 30 heavy (non-hydrogen) atoms. The predicted molar refractivity (Wildman–Crippen MR) is 108 cm³/mol. The Kier molecular flexibility index (Phi) is 5.76. The first-order valence-corrected chi connectivity index (χ1v) is 9.88. The number of hydrogen-bond acceptors (Lipinski definition) is 4. The van der Waals surface area contributed by atoms with Crippen molar-refractivity contribution in [2.75, 3.05) is 26.3 Å². The Balaban J connectivity index is 1.95. The van der Waals surface area contributed by atoms with Crippen LogP contribution < -0.4 is 5.56 Å². The van der Waals surface area contributed by atoms with Crippen LogP contribution in [0.3, 0.4) is 0 Å². The minimum atomic E-state index is -4.54. The van der Waals surface area contributed by atoms with E-state index in [0.717, 1.165) is 12.1 Å². The highest BCUT2D eigenvalue weighted by molar-refractivity contribution is 6.38. The van der Waals surface area contributed by atoms with E-state index in [1.807, 2.05) is 4.90 Å². The lowest BCUT2D eigenvalue weighted by molar-refractivity contribution is -0.137. The Morgan fingerprint density at radius 3 is 2.53 bits per heavy atom. The van der Waals surface area contributed by atoms with Crippen molar-refractivity contribution in [2.24, 2.45) is 0 Å². The van der Waals surface area contributed by atoms with Gasteiger partial charge in [-0.3, -0.25) is 14.3 Å². The Morgan fingerprint density at radius 2 is 1.83 bits per heavy atom. The second-order valence-corrected chi connectivity index (χ2v) is 7.73. The van der Waals surface area contributed by atoms with E-state index in [2.05, 4.69) is 4.98 Å².